The first-order valence-corrected chi connectivity index (χ1v) is 14.7. The third kappa shape index (κ3) is 22.5. The minimum Gasteiger partial charge on any atom is -0.394 e. The summed E-state index contributed by atoms with van der Waals surface area (Å²) in [7, 11) is 0. The van der Waals surface area contributed by atoms with Gasteiger partial charge < -0.3 is 56.7 Å². The Hall–Kier alpha value is -2.14. The number of carbonyl (C=O) groups is 4. The van der Waals surface area contributed by atoms with Gasteiger partial charge in [0.15, 0.2) is 6.29 Å². The van der Waals surface area contributed by atoms with Crippen LogP contribution < -0.4 is 56.1 Å². The van der Waals surface area contributed by atoms with E-state index in [2.05, 4.69) is 10.9 Å². The van der Waals surface area contributed by atoms with E-state index >= 15 is 0 Å². The number of nitrogens with one attached hydrogen (secondary N) is 5. The summed E-state index contributed by atoms with van der Waals surface area (Å²) >= 11 is 0. The molecule has 25 heteroatoms. The van der Waals surface area contributed by atoms with Crippen LogP contribution in [-0.2, 0) is 28.7 Å². The lowest BCUT2D eigenvalue weighted by Gasteiger charge is -2.40. The van der Waals surface area contributed by atoms with Crippen molar-refractivity contribution in [1.82, 2.24) is 27.1 Å². The fourth-order valence-electron chi connectivity index (χ4n) is 3.96. The molecule has 2 aliphatic rings. The summed E-state index contributed by atoms with van der Waals surface area (Å²) in [6.45, 7) is -0.970. The van der Waals surface area contributed by atoms with Gasteiger partial charge in [0, 0.05) is 25.7 Å². The van der Waals surface area contributed by atoms with Crippen LogP contribution >= 0.6 is 24.8 Å². The zero-order chi connectivity index (χ0) is 36.1. The van der Waals surface area contributed by atoms with Crippen molar-refractivity contribution in [2.24, 2.45) is 29.0 Å². The zero-order valence-electron chi connectivity index (χ0n) is 26.6. The number of amides is 4. The predicted octanol–water partition coefficient (Wildman–Crippen LogP) is -6.69. The van der Waals surface area contributed by atoms with Crippen LogP contribution in [0.3, 0.4) is 0 Å². The second kappa shape index (κ2) is 32.5. The Balaban J connectivity index is -0.000000216. The number of halogens is 2. The molecule has 0 radical (unpaired) electrons. The lowest BCUT2D eigenvalue weighted by molar-refractivity contribution is -0.248. The van der Waals surface area contributed by atoms with Crippen molar-refractivity contribution >= 4 is 48.4 Å². The summed E-state index contributed by atoms with van der Waals surface area (Å²) in [6.07, 6.45) is -6.08. The highest BCUT2D eigenvalue weighted by atomic mass is 35.5. The molecule has 51 heavy (non-hydrogen) atoms. The normalized spacial score (nSPS) is 27.6. The molecule has 2 fully saturated rings. The molecule has 0 spiro atoms. The second-order valence-corrected chi connectivity index (χ2v) is 10.5. The first kappa shape index (κ1) is 58.2. The molecule has 4 amide bonds. The topological polar surface area (TPSA) is 419 Å². The number of aliphatic hydroxyl groups is 7. The highest BCUT2D eigenvalue weighted by molar-refractivity contribution is 5.85. The van der Waals surface area contributed by atoms with Gasteiger partial charge >= 0.3 is 0 Å². The quantitative estimate of drug-likeness (QED) is 0.0336. The Bertz CT molecular complexity index is 916. The van der Waals surface area contributed by atoms with Crippen LogP contribution in [0.4, 0.5) is 0 Å². The molecule has 0 aliphatic carbocycles. The fourth-order valence-corrected chi connectivity index (χ4v) is 3.96. The molecule has 0 aromatic carbocycles. The maximum absolute atomic E-state index is 11.6. The third-order valence-corrected chi connectivity index (χ3v) is 6.88. The van der Waals surface area contributed by atoms with Gasteiger partial charge in [-0.3, -0.25) is 40.9 Å². The van der Waals surface area contributed by atoms with Crippen molar-refractivity contribution in [2.45, 2.75) is 127 Å². The van der Waals surface area contributed by atoms with Crippen molar-refractivity contribution < 1.29 is 64.4 Å². The van der Waals surface area contributed by atoms with Crippen LogP contribution in [0.5, 0.6) is 0 Å². The highest BCUT2D eigenvalue weighted by Crippen LogP contribution is 2.18. The fraction of sp³-hybridized carbons (Fsp3) is 0.846. The maximum atomic E-state index is 11.6. The molecule has 2 saturated heterocycles. The molecule has 0 saturated carbocycles. The first-order valence-electron chi connectivity index (χ1n) is 14.7. The van der Waals surface area contributed by atoms with Crippen LogP contribution in [-0.4, -0.2) is 134 Å². The maximum Gasteiger partial charge on any atom is 0.234 e. The number of nitrogens with two attached hydrogens (primary N) is 5. The molecule has 0 aromatic rings. The Morgan fingerprint density at radius 3 is 1.24 bits per heavy atom. The molecule has 10 unspecified atom stereocenters. The molecule has 2 aliphatic heterocycles. The number of hydrogen-bond donors (Lipinski definition) is 17. The zero-order valence-corrected chi connectivity index (χ0v) is 28.3. The number of hydrazine groups is 4. The lowest BCUT2D eigenvalue weighted by atomic mass is 9.97. The number of rotatable bonds is 14. The van der Waals surface area contributed by atoms with E-state index in [0.29, 0.717) is 38.5 Å². The van der Waals surface area contributed by atoms with E-state index in [4.69, 9.17) is 53.8 Å². The van der Waals surface area contributed by atoms with Crippen LogP contribution in [0.15, 0.2) is 0 Å². The Kier molecular flexibility index (Phi) is 37.1. The van der Waals surface area contributed by atoms with Crippen LogP contribution in [0, 0.1) is 0 Å². The van der Waals surface area contributed by atoms with E-state index in [1.54, 1.807) is 0 Å². The van der Waals surface area contributed by atoms with E-state index in [0.717, 1.165) is 0 Å². The largest absolute Gasteiger partial charge is 0.394 e. The molecule has 0 bridgehead atoms. The van der Waals surface area contributed by atoms with Gasteiger partial charge in [0.1, 0.15) is 42.9 Å². The number of hydrogen-bond acceptors (Lipinski definition) is 19. The van der Waals surface area contributed by atoms with E-state index in [-0.39, 0.29) is 76.1 Å². The van der Waals surface area contributed by atoms with Crippen LogP contribution in [0.25, 0.3) is 0 Å². The average molecular weight is 794 g/mol. The molecular formula is C26H62Cl2N10O13. The van der Waals surface area contributed by atoms with Gasteiger partial charge in [0.05, 0.1) is 25.3 Å². The predicted molar refractivity (Wildman–Crippen MR) is 187 cm³/mol. The van der Waals surface area contributed by atoms with Crippen molar-refractivity contribution in [2.75, 3.05) is 13.2 Å². The third-order valence-electron chi connectivity index (χ3n) is 6.88. The van der Waals surface area contributed by atoms with Crippen molar-refractivity contribution in [3.63, 3.8) is 0 Å². The van der Waals surface area contributed by atoms with Crippen molar-refractivity contribution in [1.29, 1.82) is 0 Å². The van der Waals surface area contributed by atoms with E-state index in [9.17, 15) is 39.6 Å². The molecule has 10 atom stereocenters. The van der Waals surface area contributed by atoms with Gasteiger partial charge in [0.25, 0.3) is 0 Å². The summed E-state index contributed by atoms with van der Waals surface area (Å²) in [5.74, 6) is 13.5. The lowest BCUT2D eigenvalue weighted by Crippen LogP contribution is -2.67. The van der Waals surface area contributed by atoms with E-state index in [1.807, 2.05) is 16.3 Å². The standard InChI is InChI=1S/C12H25N5O6.C6H14N4O2.C6H13NO5.2CH4.2ClH/c13-9-11(22)10(21)6(5-18)23-12(9)17-16-8(20)4-2-1-3-7(19)15-14;7-9-5(11)3-1-2-4-6(12)10-8;7-3-5(10)4(9)2(1-8)12-6(3)11;;;;/h6,9-12,17-18,21-22H,1-5,13-14H2,(H,15,19)(H,16,20);1-4,7-8H2,(H,9,11)(H,10,12);2-6,8-11H,1,7H2;2*1H4;2*1H. The first-order chi connectivity index (χ1) is 22.2. The molecule has 308 valence electrons. The van der Waals surface area contributed by atoms with Gasteiger partial charge in [-0.2, -0.15) is 0 Å². The minimum atomic E-state index is -1.35. The Labute approximate surface area is 309 Å². The molecular weight excluding hydrogens is 731 g/mol. The number of unbranched alkanes of at least 4 members (excludes halogenated alkanes) is 2. The van der Waals surface area contributed by atoms with E-state index < -0.39 is 74.4 Å². The number of aliphatic hydroxyl groups excluding tert-OH is 7. The van der Waals surface area contributed by atoms with E-state index in [1.165, 1.54) is 0 Å². The average Bonchev–Trinajstić information content (AvgIpc) is 3.07. The second-order valence-electron chi connectivity index (χ2n) is 10.5. The van der Waals surface area contributed by atoms with Gasteiger partial charge in [-0.1, -0.05) is 14.9 Å². The number of carbonyl (C=O) groups excluding carboxylic acids is 4. The Morgan fingerprint density at radius 2 is 0.882 bits per heavy atom. The summed E-state index contributed by atoms with van der Waals surface area (Å²) < 4.78 is 9.98. The molecule has 23 nitrogen and oxygen atoms in total. The van der Waals surface area contributed by atoms with Gasteiger partial charge in [-0.05, 0) is 25.7 Å². The van der Waals surface area contributed by atoms with Crippen molar-refractivity contribution in [3.05, 3.63) is 0 Å². The van der Waals surface area contributed by atoms with Crippen molar-refractivity contribution in [3.8, 4) is 0 Å². The molecule has 0 aromatic heterocycles. The van der Waals surface area contributed by atoms with Crippen LogP contribution in [0.1, 0.15) is 66.2 Å². The molecule has 2 rings (SSSR count). The minimum absolute atomic E-state index is 0. The number of ether oxygens (including phenoxy) is 2. The smallest absolute Gasteiger partial charge is 0.234 e. The summed E-state index contributed by atoms with van der Waals surface area (Å²) in [6, 6.07) is -2.02. The van der Waals surface area contributed by atoms with Crippen LogP contribution in [0.2, 0.25) is 0 Å². The van der Waals surface area contributed by atoms with Gasteiger partial charge in [-0.25, -0.2) is 23.0 Å². The Morgan fingerprint density at radius 1 is 0.549 bits per heavy atom. The summed E-state index contributed by atoms with van der Waals surface area (Å²) in [5.41, 5.74) is 21.9. The SMILES string of the molecule is C.C.Cl.Cl.NC1C(O)OC(CO)C(O)C1O.NNC(=O)CCCCC(=O)NN.NNC(=O)CCCCC(=O)NNC1OC(CO)C(O)C(O)C1N. The molecule has 2 heterocycles. The monoisotopic (exact) mass is 792 g/mol. The molecule has 22 N–H and O–H groups in total. The van der Waals surface area contributed by atoms with Gasteiger partial charge in [-0.15, -0.1) is 24.8 Å². The summed E-state index contributed by atoms with van der Waals surface area (Å²) in [4.78, 5) is 43.7. The highest BCUT2D eigenvalue weighted by Gasteiger charge is 2.43. The van der Waals surface area contributed by atoms with Gasteiger partial charge in [0.2, 0.25) is 23.6 Å². The summed E-state index contributed by atoms with van der Waals surface area (Å²) in [5, 5.41) is 64.5.